The third-order valence-electron chi connectivity index (χ3n) is 4.82. The third-order valence-corrected chi connectivity index (χ3v) is 4.82. The van der Waals surface area contributed by atoms with Crippen molar-refractivity contribution in [1.29, 1.82) is 5.41 Å². The summed E-state index contributed by atoms with van der Waals surface area (Å²) < 4.78 is 1.94. The number of hydrogen-bond acceptors (Lipinski definition) is 3. The zero-order chi connectivity index (χ0) is 17.1. The number of nitrogens with two attached hydrogens (primary N) is 1. The van der Waals surface area contributed by atoms with Crippen molar-refractivity contribution in [2.75, 3.05) is 11.9 Å². The molecule has 0 unspecified atom stereocenters. The lowest BCUT2D eigenvalue weighted by atomic mass is 9.81. The number of carbonyl (C=O) groups is 1. The van der Waals surface area contributed by atoms with E-state index in [1.807, 2.05) is 29.9 Å². The van der Waals surface area contributed by atoms with E-state index in [-0.39, 0.29) is 48.1 Å². The zero-order valence-corrected chi connectivity index (χ0v) is 16.8. The number of halogens is 2. The van der Waals surface area contributed by atoms with E-state index in [1.165, 1.54) is 0 Å². The molecule has 1 aliphatic carbocycles. The second-order valence-corrected chi connectivity index (χ2v) is 6.52. The van der Waals surface area contributed by atoms with Crippen LogP contribution in [0.4, 0.5) is 5.69 Å². The standard InChI is InChI=1S/C17H24N6O.2ClH.H2O/c1-23-9-7-13-14(6-8-20-15(13)23)22-16(24)12-4-2-11(3-5-12)10-21-17(18)19;;;/h6-9,11-12H,2-5,10H2,1H3,(H4,18,19,21)(H,20,22,24);2*1H;1H2. The maximum atomic E-state index is 12.6. The molecule has 10 heteroatoms. The van der Waals surface area contributed by atoms with E-state index in [4.69, 9.17) is 11.1 Å². The molecule has 0 aromatic carbocycles. The minimum absolute atomic E-state index is 0. The number of aryl methyl sites for hydroxylation is 1. The van der Waals surface area contributed by atoms with Crippen LogP contribution in [0, 0.1) is 17.2 Å². The van der Waals surface area contributed by atoms with Crippen molar-refractivity contribution in [3.63, 3.8) is 0 Å². The van der Waals surface area contributed by atoms with E-state index < -0.39 is 0 Å². The highest BCUT2D eigenvalue weighted by atomic mass is 35.5. The lowest BCUT2D eigenvalue weighted by molar-refractivity contribution is -0.121. The number of nitrogens with zero attached hydrogens (tertiary/aromatic N) is 2. The molecule has 0 aliphatic heterocycles. The molecule has 0 radical (unpaired) electrons. The Kier molecular flexibility index (Phi) is 10.1. The van der Waals surface area contributed by atoms with E-state index >= 15 is 0 Å². The number of amides is 1. The summed E-state index contributed by atoms with van der Waals surface area (Å²) >= 11 is 0. The van der Waals surface area contributed by atoms with Crippen LogP contribution in [-0.4, -0.2) is 33.4 Å². The van der Waals surface area contributed by atoms with Gasteiger partial charge in [0.1, 0.15) is 5.65 Å². The highest BCUT2D eigenvalue weighted by Crippen LogP contribution is 2.30. The second-order valence-electron chi connectivity index (χ2n) is 6.52. The fourth-order valence-corrected chi connectivity index (χ4v) is 3.39. The van der Waals surface area contributed by atoms with Gasteiger partial charge in [-0.25, -0.2) is 4.98 Å². The zero-order valence-electron chi connectivity index (χ0n) is 15.2. The third kappa shape index (κ3) is 5.98. The summed E-state index contributed by atoms with van der Waals surface area (Å²) in [4.78, 5) is 16.9. The molecule has 1 fully saturated rings. The maximum absolute atomic E-state index is 12.6. The highest BCUT2D eigenvalue weighted by Gasteiger charge is 2.26. The Morgan fingerprint density at radius 1 is 1.30 bits per heavy atom. The van der Waals surface area contributed by atoms with Crippen LogP contribution in [0.15, 0.2) is 24.5 Å². The van der Waals surface area contributed by atoms with Crippen LogP contribution in [0.5, 0.6) is 0 Å². The molecule has 0 spiro atoms. The van der Waals surface area contributed by atoms with Crippen LogP contribution < -0.4 is 16.4 Å². The van der Waals surface area contributed by atoms with Crippen molar-refractivity contribution in [3.05, 3.63) is 24.5 Å². The van der Waals surface area contributed by atoms with Crippen LogP contribution >= 0.6 is 24.8 Å². The number of rotatable bonds is 4. The average Bonchev–Trinajstić information content (AvgIpc) is 2.96. The molecule has 2 aromatic heterocycles. The van der Waals surface area contributed by atoms with Crippen LogP contribution in [-0.2, 0) is 11.8 Å². The summed E-state index contributed by atoms with van der Waals surface area (Å²) in [6.45, 7) is 0.721. The Bertz CT molecular complexity index is 759. The van der Waals surface area contributed by atoms with Crippen molar-refractivity contribution in [3.8, 4) is 0 Å². The molecule has 0 atom stereocenters. The topological polar surface area (TPSA) is 140 Å². The molecule has 7 N–H and O–H groups in total. The molecule has 27 heavy (non-hydrogen) atoms. The summed E-state index contributed by atoms with van der Waals surface area (Å²) in [6.07, 6.45) is 7.38. The summed E-state index contributed by atoms with van der Waals surface area (Å²) in [5.41, 5.74) is 7.01. The van der Waals surface area contributed by atoms with Gasteiger partial charge in [-0.2, -0.15) is 0 Å². The number of guanidine groups is 1. The normalized spacial score (nSPS) is 18.4. The quantitative estimate of drug-likeness (QED) is 0.443. The number of nitrogens with one attached hydrogen (secondary N) is 3. The molecule has 2 heterocycles. The van der Waals surface area contributed by atoms with Crippen molar-refractivity contribution in [2.45, 2.75) is 25.7 Å². The predicted octanol–water partition coefficient (Wildman–Crippen LogP) is 1.82. The van der Waals surface area contributed by atoms with Gasteiger partial charge >= 0.3 is 0 Å². The van der Waals surface area contributed by atoms with Crippen molar-refractivity contribution in [1.82, 2.24) is 14.9 Å². The Hall–Kier alpha value is -2.03. The van der Waals surface area contributed by atoms with Crippen LogP contribution in [0.25, 0.3) is 11.0 Å². The molecular weight excluding hydrogens is 391 g/mol. The predicted molar refractivity (Wildman–Crippen MR) is 113 cm³/mol. The number of pyridine rings is 1. The first-order chi connectivity index (χ1) is 11.5. The summed E-state index contributed by atoms with van der Waals surface area (Å²) in [5, 5.41) is 14.1. The first kappa shape index (κ1) is 25.0. The minimum Gasteiger partial charge on any atom is -0.412 e. The minimum atomic E-state index is 0. The SMILES string of the molecule is Cl.Cl.Cn1ccc2c(NC(=O)C3CCC(CNC(=N)N)CC3)ccnc21.O. The molecule has 1 saturated carbocycles. The van der Waals surface area contributed by atoms with Crippen LogP contribution in [0.1, 0.15) is 25.7 Å². The number of hydrogen-bond donors (Lipinski definition) is 4. The lowest BCUT2D eigenvalue weighted by Gasteiger charge is -2.28. The largest absolute Gasteiger partial charge is 0.412 e. The molecule has 152 valence electrons. The fourth-order valence-electron chi connectivity index (χ4n) is 3.39. The monoisotopic (exact) mass is 418 g/mol. The maximum Gasteiger partial charge on any atom is 0.227 e. The molecule has 1 aliphatic rings. The van der Waals surface area contributed by atoms with Gasteiger partial charge in [-0.3, -0.25) is 10.2 Å². The second kappa shape index (κ2) is 11.0. The summed E-state index contributed by atoms with van der Waals surface area (Å²) in [7, 11) is 1.94. The van der Waals surface area contributed by atoms with Crippen LogP contribution in [0.2, 0.25) is 0 Å². The van der Waals surface area contributed by atoms with E-state index in [2.05, 4.69) is 15.6 Å². The van der Waals surface area contributed by atoms with Gasteiger partial charge in [0.15, 0.2) is 5.96 Å². The molecule has 0 saturated heterocycles. The van der Waals surface area contributed by atoms with E-state index in [1.54, 1.807) is 6.20 Å². The highest BCUT2D eigenvalue weighted by molar-refractivity contribution is 6.01. The molecule has 1 amide bonds. The van der Waals surface area contributed by atoms with Crippen molar-refractivity contribution in [2.24, 2.45) is 24.6 Å². The number of carbonyl (C=O) groups excluding carboxylic acids is 1. The molecule has 8 nitrogen and oxygen atoms in total. The number of aromatic nitrogens is 2. The van der Waals surface area contributed by atoms with E-state index in [0.29, 0.717) is 5.92 Å². The van der Waals surface area contributed by atoms with Gasteiger partial charge in [-0.05, 0) is 43.7 Å². The van der Waals surface area contributed by atoms with Crippen LogP contribution in [0.3, 0.4) is 0 Å². The van der Waals surface area contributed by atoms with E-state index in [9.17, 15) is 4.79 Å². The summed E-state index contributed by atoms with van der Waals surface area (Å²) in [6, 6.07) is 3.82. The average molecular weight is 419 g/mol. The number of anilines is 1. The first-order valence-corrected chi connectivity index (χ1v) is 8.33. The van der Waals surface area contributed by atoms with Gasteiger partial charge in [-0.1, -0.05) is 0 Å². The molecule has 3 rings (SSSR count). The lowest BCUT2D eigenvalue weighted by Crippen LogP contribution is -2.36. The first-order valence-electron chi connectivity index (χ1n) is 8.33. The Labute approximate surface area is 170 Å². The van der Waals surface area contributed by atoms with E-state index in [0.717, 1.165) is 48.9 Å². The van der Waals surface area contributed by atoms with Crippen molar-refractivity contribution < 1.29 is 10.3 Å². The molecule has 2 aromatic rings. The van der Waals surface area contributed by atoms with Crippen molar-refractivity contribution >= 4 is 53.4 Å². The Morgan fingerprint density at radius 3 is 2.59 bits per heavy atom. The molecular formula is C17H28Cl2N6O2. The Morgan fingerprint density at radius 2 is 1.96 bits per heavy atom. The van der Waals surface area contributed by atoms with Gasteiger partial charge in [0.2, 0.25) is 5.91 Å². The number of fused-ring (bicyclic) bond motifs is 1. The van der Waals surface area contributed by atoms with Gasteiger partial charge < -0.3 is 26.4 Å². The smallest absolute Gasteiger partial charge is 0.227 e. The van der Waals surface area contributed by atoms with Gasteiger partial charge in [0.05, 0.1) is 5.69 Å². The Balaban J connectivity index is 0.00000225. The molecule has 0 bridgehead atoms. The summed E-state index contributed by atoms with van der Waals surface area (Å²) in [5.74, 6) is 0.633. The van der Waals surface area contributed by atoms with Gasteiger partial charge in [0.25, 0.3) is 0 Å². The van der Waals surface area contributed by atoms with Gasteiger partial charge in [0, 0.05) is 37.3 Å². The fraction of sp³-hybridized carbons (Fsp3) is 0.471. The van der Waals surface area contributed by atoms with Gasteiger partial charge in [-0.15, -0.1) is 24.8 Å².